The minimum absolute atomic E-state index is 0.126. The van der Waals surface area contributed by atoms with Crippen LogP contribution in [0.2, 0.25) is 5.02 Å². The summed E-state index contributed by atoms with van der Waals surface area (Å²) < 4.78 is 39.5. The van der Waals surface area contributed by atoms with E-state index < -0.39 is 22.0 Å². The van der Waals surface area contributed by atoms with Gasteiger partial charge in [-0.3, -0.25) is 4.79 Å². The molecule has 0 aliphatic carbocycles. The van der Waals surface area contributed by atoms with Crippen molar-refractivity contribution in [3.8, 4) is 5.75 Å². The van der Waals surface area contributed by atoms with Crippen molar-refractivity contribution in [2.24, 2.45) is 0 Å². The number of hydrogen-bond donors (Lipinski definition) is 2. The Bertz CT molecular complexity index is 1100. The molecule has 9 heteroatoms. The number of hydrogen-bond acceptors (Lipinski definition) is 5. The Labute approximate surface area is 186 Å². The van der Waals surface area contributed by atoms with E-state index in [1.807, 2.05) is 30.3 Å². The van der Waals surface area contributed by atoms with E-state index in [4.69, 9.17) is 20.8 Å². The van der Waals surface area contributed by atoms with E-state index in [0.717, 1.165) is 5.56 Å². The van der Waals surface area contributed by atoms with Crippen LogP contribution in [0.3, 0.4) is 0 Å². The number of sulfonamides is 1. The Morgan fingerprint density at radius 3 is 2.58 bits per heavy atom. The molecule has 0 radical (unpaired) electrons. The highest BCUT2D eigenvalue weighted by Gasteiger charge is 2.28. The van der Waals surface area contributed by atoms with E-state index in [1.54, 1.807) is 25.1 Å². The number of benzene rings is 2. The van der Waals surface area contributed by atoms with Gasteiger partial charge >= 0.3 is 0 Å². The minimum atomic E-state index is -4.12. The maximum absolute atomic E-state index is 13.2. The first-order chi connectivity index (χ1) is 14.9. The highest BCUT2D eigenvalue weighted by molar-refractivity contribution is 7.89. The molecule has 31 heavy (non-hydrogen) atoms. The maximum Gasteiger partial charge on any atom is 0.245 e. The summed E-state index contributed by atoms with van der Waals surface area (Å²) in [5.74, 6) is 0.237. The highest BCUT2D eigenvalue weighted by Crippen LogP contribution is 2.27. The summed E-state index contributed by atoms with van der Waals surface area (Å²) in [6, 6.07) is 15.9. The standard InChI is InChI=1S/C22H23ClN2O5S/c1-2-29-20-11-10-17(23)14-21(20)31(27,28)25-19(13-16-7-4-3-5-8-16)22(26)24-15-18-9-6-12-30-18/h3-12,14,19,25H,2,13,15H2,1H3,(H,24,26). The van der Waals surface area contributed by atoms with Crippen LogP contribution in [-0.4, -0.2) is 27.0 Å². The lowest BCUT2D eigenvalue weighted by molar-refractivity contribution is -0.122. The van der Waals surface area contributed by atoms with Gasteiger partial charge in [-0.1, -0.05) is 41.9 Å². The molecule has 1 atom stereocenters. The average Bonchev–Trinajstić information content (AvgIpc) is 3.27. The molecular weight excluding hydrogens is 440 g/mol. The van der Waals surface area contributed by atoms with Crippen LogP contribution in [0.4, 0.5) is 0 Å². The number of nitrogens with one attached hydrogen (secondary N) is 2. The molecule has 1 amide bonds. The van der Waals surface area contributed by atoms with Crippen LogP contribution in [0.1, 0.15) is 18.2 Å². The Morgan fingerprint density at radius 1 is 1.13 bits per heavy atom. The summed E-state index contributed by atoms with van der Waals surface area (Å²) in [7, 11) is -4.12. The van der Waals surface area contributed by atoms with Crippen LogP contribution < -0.4 is 14.8 Å². The van der Waals surface area contributed by atoms with E-state index in [0.29, 0.717) is 5.76 Å². The van der Waals surface area contributed by atoms with E-state index in [-0.39, 0.29) is 35.2 Å². The molecule has 0 saturated heterocycles. The fourth-order valence-electron chi connectivity index (χ4n) is 2.97. The highest BCUT2D eigenvalue weighted by atomic mass is 35.5. The third-order valence-corrected chi connectivity index (χ3v) is 6.14. The van der Waals surface area contributed by atoms with Gasteiger partial charge in [0.1, 0.15) is 22.4 Å². The zero-order valence-electron chi connectivity index (χ0n) is 16.9. The Hall–Kier alpha value is -2.81. The van der Waals surface area contributed by atoms with Crippen molar-refractivity contribution in [2.75, 3.05) is 6.61 Å². The molecule has 1 aromatic heterocycles. The van der Waals surface area contributed by atoms with Gasteiger partial charge in [-0.05, 0) is 49.2 Å². The zero-order chi connectivity index (χ0) is 22.3. The molecule has 0 bridgehead atoms. The number of amides is 1. The molecule has 2 N–H and O–H groups in total. The molecule has 3 aromatic rings. The Morgan fingerprint density at radius 2 is 1.90 bits per heavy atom. The van der Waals surface area contributed by atoms with Gasteiger partial charge in [0.2, 0.25) is 15.9 Å². The predicted octanol–water partition coefficient (Wildman–Crippen LogP) is 3.54. The third-order valence-electron chi connectivity index (χ3n) is 4.41. The molecule has 0 aliphatic heterocycles. The molecule has 3 rings (SSSR count). The largest absolute Gasteiger partial charge is 0.492 e. The first kappa shape index (κ1) is 22.9. The van der Waals surface area contributed by atoms with Gasteiger partial charge in [0.25, 0.3) is 0 Å². The molecule has 0 fully saturated rings. The van der Waals surface area contributed by atoms with Crippen molar-refractivity contribution in [1.29, 1.82) is 0 Å². The van der Waals surface area contributed by atoms with Gasteiger partial charge in [-0.15, -0.1) is 0 Å². The van der Waals surface area contributed by atoms with Crippen molar-refractivity contribution in [2.45, 2.75) is 30.8 Å². The van der Waals surface area contributed by atoms with Crippen LogP contribution in [0.5, 0.6) is 5.75 Å². The normalized spacial score (nSPS) is 12.3. The first-order valence-electron chi connectivity index (χ1n) is 9.67. The number of halogens is 1. The summed E-state index contributed by atoms with van der Waals surface area (Å²) in [6.45, 7) is 2.17. The fourth-order valence-corrected chi connectivity index (χ4v) is 4.57. The summed E-state index contributed by atoms with van der Waals surface area (Å²) in [5.41, 5.74) is 0.805. The van der Waals surface area contributed by atoms with Gasteiger partial charge in [0, 0.05) is 5.02 Å². The fraction of sp³-hybridized carbons (Fsp3) is 0.227. The maximum atomic E-state index is 13.2. The van der Waals surface area contributed by atoms with E-state index in [2.05, 4.69) is 10.0 Å². The summed E-state index contributed by atoms with van der Waals surface area (Å²) in [6.07, 6.45) is 1.66. The Kier molecular flexibility index (Phi) is 7.73. The quantitative estimate of drug-likeness (QED) is 0.480. The van der Waals surface area contributed by atoms with Gasteiger partial charge in [0.05, 0.1) is 19.4 Å². The van der Waals surface area contributed by atoms with E-state index >= 15 is 0 Å². The van der Waals surface area contributed by atoms with Crippen molar-refractivity contribution >= 4 is 27.5 Å². The monoisotopic (exact) mass is 462 g/mol. The van der Waals surface area contributed by atoms with Crippen molar-refractivity contribution < 1.29 is 22.4 Å². The molecular formula is C22H23ClN2O5S. The summed E-state index contributed by atoms with van der Waals surface area (Å²) in [5, 5.41) is 2.96. The smallest absolute Gasteiger partial charge is 0.245 e. The lowest BCUT2D eigenvalue weighted by atomic mass is 10.1. The number of ether oxygens (including phenoxy) is 1. The molecule has 2 aromatic carbocycles. The van der Waals surface area contributed by atoms with E-state index in [1.165, 1.54) is 18.4 Å². The van der Waals surface area contributed by atoms with Crippen LogP contribution in [-0.2, 0) is 27.8 Å². The number of carbonyl (C=O) groups is 1. The zero-order valence-corrected chi connectivity index (χ0v) is 18.4. The molecule has 164 valence electrons. The number of rotatable bonds is 10. The molecule has 0 aliphatic rings. The summed E-state index contributed by atoms with van der Waals surface area (Å²) in [4.78, 5) is 12.8. The molecule has 0 saturated carbocycles. The van der Waals surface area contributed by atoms with E-state index in [9.17, 15) is 13.2 Å². The van der Waals surface area contributed by atoms with Gasteiger partial charge < -0.3 is 14.5 Å². The van der Waals surface area contributed by atoms with Gasteiger partial charge in [-0.25, -0.2) is 8.42 Å². The van der Waals surface area contributed by atoms with Gasteiger partial charge in [0.15, 0.2) is 0 Å². The minimum Gasteiger partial charge on any atom is -0.492 e. The average molecular weight is 463 g/mol. The van der Waals surface area contributed by atoms with Crippen LogP contribution in [0.15, 0.2) is 76.2 Å². The second kappa shape index (κ2) is 10.5. The number of carbonyl (C=O) groups excluding carboxylic acids is 1. The second-order valence-corrected chi connectivity index (χ2v) is 8.80. The van der Waals surface area contributed by atoms with Crippen molar-refractivity contribution in [3.63, 3.8) is 0 Å². The topological polar surface area (TPSA) is 97.6 Å². The van der Waals surface area contributed by atoms with Gasteiger partial charge in [-0.2, -0.15) is 4.72 Å². The summed E-state index contributed by atoms with van der Waals surface area (Å²) >= 11 is 6.02. The van der Waals surface area contributed by atoms with Crippen LogP contribution >= 0.6 is 11.6 Å². The van der Waals surface area contributed by atoms with Crippen molar-refractivity contribution in [1.82, 2.24) is 10.0 Å². The molecule has 1 heterocycles. The third kappa shape index (κ3) is 6.33. The van der Waals surface area contributed by atoms with Crippen LogP contribution in [0, 0.1) is 0 Å². The van der Waals surface area contributed by atoms with Crippen LogP contribution in [0.25, 0.3) is 0 Å². The van der Waals surface area contributed by atoms with Crippen molar-refractivity contribution in [3.05, 3.63) is 83.3 Å². The first-order valence-corrected chi connectivity index (χ1v) is 11.5. The number of furan rings is 1. The molecule has 1 unspecified atom stereocenters. The second-order valence-electron chi connectivity index (χ2n) is 6.68. The molecule has 7 nitrogen and oxygen atoms in total. The lowest BCUT2D eigenvalue weighted by Crippen LogP contribution is -2.47. The molecule has 0 spiro atoms. The predicted molar refractivity (Wildman–Crippen MR) is 117 cm³/mol. The SMILES string of the molecule is CCOc1ccc(Cl)cc1S(=O)(=O)NC(Cc1ccccc1)C(=O)NCc1ccco1. The lowest BCUT2D eigenvalue weighted by Gasteiger charge is -2.20. The Balaban J connectivity index is 1.86.